The van der Waals surface area contributed by atoms with Crippen LogP contribution in [0.25, 0.3) is 0 Å². The van der Waals surface area contributed by atoms with Gasteiger partial charge < -0.3 is 0 Å². The average Bonchev–Trinajstić information content (AvgIpc) is 2.44. The lowest BCUT2D eigenvalue weighted by Gasteiger charge is -2.32. The normalized spacial score (nSPS) is 18.3. The van der Waals surface area contributed by atoms with E-state index >= 15 is 0 Å². The van der Waals surface area contributed by atoms with Gasteiger partial charge in [-0.2, -0.15) is 0 Å². The van der Waals surface area contributed by atoms with Crippen molar-refractivity contribution >= 4 is 22.1 Å². The number of hydrogen-bond acceptors (Lipinski definition) is 1. The number of rotatable bonds is 1. The summed E-state index contributed by atoms with van der Waals surface area (Å²) in [5, 5.41) is 0. The number of fused-ring (bicyclic) bond motifs is 1. The maximum atomic E-state index is 12.3. The SMILES string of the molecule is Cc1ccc(C2Cc3ccccc3C(=O)N2Br)cc1. The fraction of sp³-hybridized carbons (Fsp3) is 0.188. The van der Waals surface area contributed by atoms with E-state index in [0.29, 0.717) is 0 Å². The lowest BCUT2D eigenvalue weighted by molar-refractivity contribution is 0.0825. The summed E-state index contributed by atoms with van der Waals surface area (Å²) in [6, 6.07) is 16.2. The van der Waals surface area contributed by atoms with Gasteiger partial charge >= 0.3 is 0 Å². The van der Waals surface area contributed by atoms with Crippen LogP contribution < -0.4 is 0 Å². The second kappa shape index (κ2) is 4.82. The zero-order valence-electron chi connectivity index (χ0n) is 10.6. The largest absolute Gasteiger partial charge is 0.268 e. The van der Waals surface area contributed by atoms with Crippen LogP contribution in [0.2, 0.25) is 0 Å². The Morgan fingerprint density at radius 3 is 2.53 bits per heavy atom. The Labute approximate surface area is 121 Å². The Bertz CT molecular complexity index is 621. The molecule has 0 saturated carbocycles. The van der Waals surface area contributed by atoms with E-state index in [1.54, 1.807) is 3.93 Å². The average molecular weight is 316 g/mol. The van der Waals surface area contributed by atoms with Crippen molar-refractivity contribution in [3.8, 4) is 0 Å². The number of aryl methyl sites for hydroxylation is 1. The lowest BCUT2D eigenvalue weighted by atomic mass is 9.91. The van der Waals surface area contributed by atoms with Crippen LogP contribution in [0.3, 0.4) is 0 Å². The molecule has 0 bridgehead atoms. The number of carbonyl (C=O) groups is 1. The smallest absolute Gasteiger partial charge is 0.264 e. The Balaban J connectivity index is 2.01. The van der Waals surface area contributed by atoms with Gasteiger partial charge in [-0.15, -0.1) is 0 Å². The maximum Gasteiger partial charge on any atom is 0.264 e. The second-order valence-electron chi connectivity index (χ2n) is 4.90. The van der Waals surface area contributed by atoms with E-state index in [4.69, 9.17) is 0 Å². The number of benzene rings is 2. The first-order valence-electron chi connectivity index (χ1n) is 6.30. The van der Waals surface area contributed by atoms with E-state index in [1.807, 2.05) is 24.3 Å². The predicted octanol–water partition coefficient (Wildman–Crippen LogP) is 4.04. The molecule has 0 spiro atoms. The molecule has 1 aliphatic heterocycles. The first-order chi connectivity index (χ1) is 9.16. The standard InChI is InChI=1S/C16H14BrNO/c1-11-6-8-12(9-7-11)15-10-13-4-2-3-5-14(13)16(19)18(15)17/h2-9,15H,10H2,1H3. The van der Waals surface area contributed by atoms with Crippen molar-refractivity contribution < 1.29 is 4.79 Å². The molecule has 1 unspecified atom stereocenters. The molecule has 19 heavy (non-hydrogen) atoms. The minimum atomic E-state index is 0.0347. The first-order valence-corrected chi connectivity index (χ1v) is 7.01. The van der Waals surface area contributed by atoms with Crippen LogP contribution in [-0.4, -0.2) is 9.83 Å². The van der Waals surface area contributed by atoms with Gasteiger partial charge in [-0.25, -0.2) is 0 Å². The summed E-state index contributed by atoms with van der Waals surface area (Å²) in [6.07, 6.45) is 0.843. The highest BCUT2D eigenvalue weighted by atomic mass is 79.9. The van der Waals surface area contributed by atoms with Gasteiger partial charge in [0.25, 0.3) is 5.91 Å². The fourth-order valence-corrected chi connectivity index (χ4v) is 3.06. The number of hydrogen-bond donors (Lipinski definition) is 0. The van der Waals surface area contributed by atoms with Gasteiger partial charge in [0.05, 0.1) is 22.2 Å². The molecule has 0 aliphatic carbocycles. The van der Waals surface area contributed by atoms with Gasteiger partial charge in [0, 0.05) is 5.56 Å². The first kappa shape index (κ1) is 12.4. The summed E-state index contributed by atoms with van der Waals surface area (Å²) in [7, 11) is 0. The summed E-state index contributed by atoms with van der Waals surface area (Å²) in [4.78, 5) is 12.3. The number of amides is 1. The van der Waals surface area contributed by atoms with Crippen molar-refractivity contribution in [1.82, 2.24) is 3.93 Å². The Morgan fingerprint density at radius 2 is 1.79 bits per heavy atom. The zero-order valence-corrected chi connectivity index (χ0v) is 12.2. The molecule has 2 aromatic rings. The summed E-state index contributed by atoms with van der Waals surface area (Å²) in [5.74, 6) is 0.0347. The minimum absolute atomic E-state index is 0.0347. The van der Waals surface area contributed by atoms with Crippen LogP contribution in [0.1, 0.15) is 33.1 Å². The molecule has 1 aliphatic rings. The summed E-state index contributed by atoms with van der Waals surface area (Å²) >= 11 is 3.43. The van der Waals surface area contributed by atoms with Crippen LogP contribution in [0.5, 0.6) is 0 Å². The van der Waals surface area contributed by atoms with Crippen LogP contribution in [0, 0.1) is 6.92 Å². The quantitative estimate of drug-likeness (QED) is 0.727. The van der Waals surface area contributed by atoms with E-state index in [0.717, 1.165) is 23.1 Å². The van der Waals surface area contributed by atoms with Crippen molar-refractivity contribution in [2.24, 2.45) is 0 Å². The van der Waals surface area contributed by atoms with E-state index in [2.05, 4.69) is 47.3 Å². The molecular weight excluding hydrogens is 302 g/mol. The zero-order chi connectivity index (χ0) is 13.4. The molecule has 0 aromatic heterocycles. The molecule has 3 heteroatoms. The van der Waals surface area contributed by atoms with Crippen LogP contribution in [-0.2, 0) is 6.42 Å². The van der Waals surface area contributed by atoms with Crippen molar-refractivity contribution in [3.05, 3.63) is 70.8 Å². The molecule has 2 aromatic carbocycles. The molecule has 2 nitrogen and oxygen atoms in total. The highest BCUT2D eigenvalue weighted by Gasteiger charge is 2.31. The topological polar surface area (TPSA) is 20.3 Å². The van der Waals surface area contributed by atoms with Gasteiger partial charge in [-0.3, -0.25) is 8.72 Å². The molecule has 0 radical (unpaired) electrons. The van der Waals surface area contributed by atoms with Crippen molar-refractivity contribution in [1.29, 1.82) is 0 Å². The summed E-state index contributed by atoms with van der Waals surface area (Å²) in [5.41, 5.74) is 4.30. The Kier molecular flexibility index (Phi) is 3.15. The van der Waals surface area contributed by atoms with Crippen molar-refractivity contribution in [2.45, 2.75) is 19.4 Å². The number of nitrogens with zero attached hydrogens (tertiary/aromatic N) is 1. The molecule has 1 amide bonds. The number of halogens is 1. The molecular formula is C16H14BrNO. The highest BCUT2D eigenvalue weighted by Crippen LogP contribution is 2.35. The van der Waals surface area contributed by atoms with Gasteiger partial charge in [0.1, 0.15) is 0 Å². The Hall–Kier alpha value is -1.61. The van der Waals surface area contributed by atoms with E-state index in [9.17, 15) is 4.79 Å². The highest BCUT2D eigenvalue weighted by molar-refractivity contribution is 9.07. The molecule has 1 heterocycles. The second-order valence-corrected chi connectivity index (χ2v) is 5.67. The third kappa shape index (κ3) is 2.19. The molecule has 1 atom stereocenters. The minimum Gasteiger partial charge on any atom is -0.268 e. The molecule has 0 N–H and O–H groups in total. The maximum absolute atomic E-state index is 12.3. The third-order valence-corrected chi connectivity index (χ3v) is 4.41. The molecule has 0 fully saturated rings. The van der Waals surface area contributed by atoms with Gasteiger partial charge in [-0.05, 0) is 30.5 Å². The lowest BCUT2D eigenvalue weighted by Crippen LogP contribution is -2.33. The van der Waals surface area contributed by atoms with Gasteiger partial charge in [0.15, 0.2) is 0 Å². The summed E-state index contributed by atoms with van der Waals surface area (Å²) in [6.45, 7) is 2.07. The van der Waals surface area contributed by atoms with E-state index in [-0.39, 0.29) is 11.9 Å². The Morgan fingerprint density at radius 1 is 1.11 bits per heavy atom. The monoisotopic (exact) mass is 315 g/mol. The molecule has 0 saturated heterocycles. The predicted molar refractivity (Wildman–Crippen MR) is 79.2 cm³/mol. The van der Waals surface area contributed by atoms with Crippen LogP contribution >= 0.6 is 16.1 Å². The molecule has 96 valence electrons. The molecule has 3 rings (SSSR count). The number of carbonyl (C=O) groups excluding carboxylic acids is 1. The van der Waals surface area contributed by atoms with Crippen molar-refractivity contribution in [2.75, 3.05) is 0 Å². The van der Waals surface area contributed by atoms with Crippen LogP contribution in [0.4, 0.5) is 0 Å². The fourth-order valence-electron chi connectivity index (χ4n) is 2.49. The van der Waals surface area contributed by atoms with Gasteiger partial charge in [-0.1, -0.05) is 48.0 Å². The third-order valence-electron chi connectivity index (χ3n) is 3.59. The summed E-state index contributed by atoms with van der Waals surface area (Å²) < 4.78 is 1.67. The van der Waals surface area contributed by atoms with Gasteiger partial charge in [0.2, 0.25) is 0 Å². The van der Waals surface area contributed by atoms with E-state index in [1.165, 1.54) is 5.56 Å². The van der Waals surface area contributed by atoms with Crippen LogP contribution in [0.15, 0.2) is 48.5 Å². The van der Waals surface area contributed by atoms with Crippen molar-refractivity contribution in [3.63, 3.8) is 0 Å². The van der Waals surface area contributed by atoms with E-state index < -0.39 is 0 Å².